The van der Waals surface area contributed by atoms with Crippen molar-refractivity contribution in [3.05, 3.63) is 194 Å². The molecular formula is C51H32N4O. The first-order valence-electron chi connectivity index (χ1n) is 22.1. The van der Waals surface area contributed by atoms with Gasteiger partial charge in [0, 0.05) is 32.7 Å². The number of rotatable bonds is 6. The average Bonchev–Trinajstić information content (AvgIpc) is 3.90. The van der Waals surface area contributed by atoms with Gasteiger partial charge >= 0.3 is 0 Å². The van der Waals surface area contributed by atoms with Gasteiger partial charge in [-0.3, -0.25) is 0 Å². The number of hydrogen-bond acceptors (Lipinski definition) is 4. The van der Waals surface area contributed by atoms with Gasteiger partial charge in [0.2, 0.25) is 0 Å². The minimum Gasteiger partial charge on any atom is -0.456 e. The van der Waals surface area contributed by atoms with Crippen molar-refractivity contribution in [3.63, 3.8) is 0 Å². The summed E-state index contributed by atoms with van der Waals surface area (Å²) in [6, 6.07) is 42.7. The normalized spacial score (nSPS) is 13.6. The Morgan fingerprint density at radius 1 is 0.411 bits per heavy atom. The molecule has 3 aromatic heterocycles. The molecule has 0 bridgehead atoms. The van der Waals surface area contributed by atoms with Crippen molar-refractivity contribution in [2.45, 2.75) is 0 Å². The molecule has 56 heavy (non-hydrogen) atoms. The molecule has 0 unspecified atom stereocenters. The molecule has 11 rings (SSSR count). The Balaban J connectivity index is 1.31. The molecule has 11 aromatic rings. The highest BCUT2D eigenvalue weighted by molar-refractivity contribution is 6.10. The van der Waals surface area contributed by atoms with E-state index in [-0.39, 0.29) is 27.6 Å². The molecule has 0 aliphatic rings. The third-order valence-electron chi connectivity index (χ3n) is 10.1. The predicted molar refractivity (Wildman–Crippen MR) is 229 cm³/mol. The Morgan fingerprint density at radius 2 is 0.982 bits per heavy atom. The predicted octanol–water partition coefficient (Wildman–Crippen LogP) is 13.2. The lowest BCUT2D eigenvalue weighted by atomic mass is 9.90. The van der Waals surface area contributed by atoms with Crippen molar-refractivity contribution in [1.82, 2.24) is 19.5 Å². The second-order valence-electron chi connectivity index (χ2n) is 13.4. The summed E-state index contributed by atoms with van der Waals surface area (Å²) in [6.07, 6.45) is 0. The number of aromatic nitrogens is 4. The summed E-state index contributed by atoms with van der Waals surface area (Å²) >= 11 is 0. The van der Waals surface area contributed by atoms with Gasteiger partial charge in [-0.2, -0.15) is 0 Å². The van der Waals surface area contributed by atoms with E-state index in [0.29, 0.717) is 45.2 Å². The third-order valence-corrected chi connectivity index (χ3v) is 10.1. The summed E-state index contributed by atoms with van der Waals surface area (Å²) in [5.41, 5.74) is 6.73. The van der Waals surface area contributed by atoms with Crippen molar-refractivity contribution in [2.24, 2.45) is 0 Å². The number of para-hydroxylation sites is 3. The second-order valence-corrected chi connectivity index (χ2v) is 13.4. The van der Waals surface area contributed by atoms with E-state index in [1.807, 2.05) is 140 Å². The van der Waals surface area contributed by atoms with Crippen molar-refractivity contribution in [3.8, 4) is 62.1 Å². The van der Waals surface area contributed by atoms with E-state index in [1.54, 1.807) is 6.07 Å². The van der Waals surface area contributed by atoms with Crippen LogP contribution in [0.4, 0.5) is 0 Å². The molecule has 0 aliphatic carbocycles. The standard InChI is InChI=1S/C51H32N4O/c1-3-16-33(17-4-1)36-20-7-8-21-37(36)42-25-15-28-45(55-43-26-12-9-22-38(43)39-23-10-13-27-44(39)55)48(42)51-53-49(34-18-5-2-6-19-34)52-50(54-51)35-30-31-41-40-24-11-14-29-46(40)56-47(41)32-35/h1-32H/i9D,10D,12D,13D,22D,23D,26D,27D. The van der Waals surface area contributed by atoms with Gasteiger partial charge in [0.15, 0.2) is 17.5 Å². The van der Waals surface area contributed by atoms with E-state index >= 15 is 0 Å². The molecule has 0 amide bonds. The van der Waals surface area contributed by atoms with Crippen molar-refractivity contribution in [2.75, 3.05) is 0 Å². The van der Waals surface area contributed by atoms with E-state index < -0.39 is 48.3 Å². The van der Waals surface area contributed by atoms with Crippen LogP contribution in [0.3, 0.4) is 0 Å². The highest BCUT2D eigenvalue weighted by atomic mass is 16.3. The molecule has 8 aromatic carbocycles. The van der Waals surface area contributed by atoms with Gasteiger partial charge in [-0.1, -0.05) is 158 Å². The first-order chi connectivity index (χ1) is 31.1. The highest BCUT2D eigenvalue weighted by Gasteiger charge is 2.24. The molecule has 0 radical (unpaired) electrons. The van der Waals surface area contributed by atoms with Gasteiger partial charge in [-0.05, 0) is 58.6 Å². The molecule has 0 N–H and O–H groups in total. The lowest BCUT2D eigenvalue weighted by Crippen LogP contribution is -2.05. The molecule has 5 heteroatoms. The fourth-order valence-electron chi connectivity index (χ4n) is 7.63. The SMILES string of the molecule is [2H]c1c([2H])c([2H])c2c(c1[2H])c1c([2H])c([2H])c([2H])c([2H])c1n2-c1cccc(-c2ccccc2-c2ccccc2)c1-c1nc(-c2ccccc2)nc(-c2ccc3c(c2)oc2ccccc23)n1. The fraction of sp³-hybridized carbons (Fsp3) is 0. The van der Waals surface area contributed by atoms with Crippen molar-refractivity contribution in [1.29, 1.82) is 0 Å². The van der Waals surface area contributed by atoms with Gasteiger partial charge in [0.1, 0.15) is 11.2 Å². The van der Waals surface area contributed by atoms with Crippen LogP contribution < -0.4 is 0 Å². The topological polar surface area (TPSA) is 56.7 Å². The van der Waals surface area contributed by atoms with Crippen LogP contribution in [0.2, 0.25) is 0 Å². The Kier molecular flexibility index (Phi) is 5.74. The number of furan rings is 1. The minimum atomic E-state index is -0.522. The van der Waals surface area contributed by atoms with E-state index in [4.69, 9.17) is 27.6 Å². The molecule has 3 heterocycles. The second kappa shape index (κ2) is 13.0. The van der Waals surface area contributed by atoms with Crippen LogP contribution in [0.5, 0.6) is 0 Å². The quantitative estimate of drug-likeness (QED) is 0.171. The van der Waals surface area contributed by atoms with E-state index in [9.17, 15) is 2.74 Å². The largest absolute Gasteiger partial charge is 0.456 e. The summed E-state index contributed by atoms with van der Waals surface area (Å²) in [5, 5.41) is 1.84. The van der Waals surface area contributed by atoms with Crippen LogP contribution in [0.25, 0.3) is 106 Å². The number of benzene rings is 8. The summed E-state index contributed by atoms with van der Waals surface area (Å²) in [4.78, 5) is 15.5. The summed E-state index contributed by atoms with van der Waals surface area (Å²) in [7, 11) is 0. The van der Waals surface area contributed by atoms with Crippen LogP contribution in [0.15, 0.2) is 198 Å². The maximum absolute atomic E-state index is 9.36. The molecule has 0 fully saturated rings. The number of nitrogens with zero attached hydrogens (tertiary/aromatic N) is 4. The van der Waals surface area contributed by atoms with Gasteiger partial charge in [-0.15, -0.1) is 0 Å². The first-order valence-corrected chi connectivity index (χ1v) is 18.1. The molecule has 0 saturated heterocycles. The first kappa shape index (κ1) is 24.6. The summed E-state index contributed by atoms with van der Waals surface area (Å²) in [6.45, 7) is 0. The van der Waals surface area contributed by atoms with E-state index in [0.717, 1.165) is 33.0 Å². The lowest BCUT2D eigenvalue weighted by Gasteiger charge is -2.20. The number of fused-ring (bicyclic) bond motifs is 6. The Hall–Kier alpha value is -7.63. The Labute approximate surface area is 334 Å². The van der Waals surface area contributed by atoms with Gasteiger partial charge < -0.3 is 8.98 Å². The molecule has 0 spiro atoms. The molecule has 5 nitrogen and oxygen atoms in total. The third kappa shape index (κ3) is 5.21. The summed E-state index contributed by atoms with van der Waals surface area (Å²) in [5.74, 6) is 0.890. The lowest BCUT2D eigenvalue weighted by molar-refractivity contribution is 0.669. The van der Waals surface area contributed by atoms with Crippen LogP contribution in [-0.2, 0) is 0 Å². The zero-order chi connectivity index (χ0) is 44.0. The molecule has 0 saturated carbocycles. The van der Waals surface area contributed by atoms with Crippen LogP contribution >= 0.6 is 0 Å². The fourth-order valence-corrected chi connectivity index (χ4v) is 7.63. The zero-order valence-electron chi connectivity index (χ0n) is 37.6. The highest BCUT2D eigenvalue weighted by Crippen LogP contribution is 2.43. The average molecular weight is 725 g/mol. The Morgan fingerprint density at radius 3 is 1.73 bits per heavy atom. The van der Waals surface area contributed by atoms with Crippen LogP contribution in [-0.4, -0.2) is 19.5 Å². The van der Waals surface area contributed by atoms with Crippen molar-refractivity contribution >= 4 is 43.7 Å². The van der Waals surface area contributed by atoms with E-state index in [2.05, 4.69) is 0 Å². The minimum absolute atomic E-state index is 0.0179. The monoisotopic (exact) mass is 724 g/mol. The van der Waals surface area contributed by atoms with Crippen LogP contribution in [0, 0.1) is 0 Å². The molecule has 0 atom stereocenters. The summed E-state index contributed by atoms with van der Waals surface area (Å²) < 4.78 is 79.8. The van der Waals surface area contributed by atoms with Crippen LogP contribution in [0.1, 0.15) is 11.0 Å². The zero-order valence-corrected chi connectivity index (χ0v) is 29.6. The van der Waals surface area contributed by atoms with Gasteiger partial charge in [0.25, 0.3) is 0 Å². The van der Waals surface area contributed by atoms with Gasteiger partial charge in [-0.25, -0.2) is 15.0 Å². The molecule has 0 aliphatic heterocycles. The molecular weight excluding hydrogens is 685 g/mol. The van der Waals surface area contributed by atoms with Gasteiger partial charge in [0.05, 0.1) is 33.3 Å². The van der Waals surface area contributed by atoms with Crippen molar-refractivity contribution < 1.29 is 15.4 Å². The number of hydrogen-bond donors (Lipinski definition) is 0. The van der Waals surface area contributed by atoms with E-state index in [1.165, 1.54) is 4.57 Å². The smallest absolute Gasteiger partial charge is 0.166 e. The maximum Gasteiger partial charge on any atom is 0.166 e. The molecule has 262 valence electrons. The Bertz CT molecular complexity index is 3640. The maximum atomic E-state index is 9.36.